The SMILES string of the molecule is COC1(C(NN)c2csc(C)c2)CCCCCC1. The van der Waals surface area contributed by atoms with E-state index in [0.717, 1.165) is 12.8 Å². The van der Waals surface area contributed by atoms with Crippen LogP contribution in [0.25, 0.3) is 0 Å². The predicted molar refractivity (Wildman–Crippen MR) is 76.6 cm³/mol. The summed E-state index contributed by atoms with van der Waals surface area (Å²) < 4.78 is 5.94. The van der Waals surface area contributed by atoms with Gasteiger partial charge in [0.2, 0.25) is 0 Å². The minimum absolute atomic E-state index is 0.102. The standard InChI is InChI=1S/C14H24N2OS/c1-11-9-12(10-18-11)13(16-15)14(17-2)7-5-3-4-6-8-14/h9-10,13,16H,3-8,15H2,1-2H3. The Morgan fingerprint density at radius 1 is 1.33 bits per heavy atom. The van der Waals surface area contributed by atoms with Gasteiger partial charge >= 0.3 is 0 Å². The van der Waals surface area contributed by atoms with Gasteiger partial charge in [-0.05, 0) is 36.8 Å². The quantitative estimate of drug-likeness (QED) is 0.500. The van der Waals surface area contributed by atoms with E-state index in [1.807, 2.05) is 7.11 Å². The molecule has 3 N–H and O–H groups in total. The predicted octanol–water partition coefficient (Wildman–Crippen LogP) is 3.30. The lowest BCUT2D eigenvalue weighted by atomic mass is 9.83. The number of aryl methyl sites for hydroxylation is 1. The van der Waals surface area contributed by atoms with Gasteiger partial charge < -0.3 is 4.74 Å². The maximum atomic E-state index is 5.94. The molecule has 1 fully saturated rings. The highest BCUT2D eigenvalue weighted by Gasteiger charge is 2.39. The fraction of sp³-hybridized carbons (Fsp3) is 0.714. The van der Waals surface area contributed by atoms with Crippen molar-refractivity contribution in [1.29, 1.82) is 0 Å². The van der Waals surface area contributed by atoms with Crippen molar-refractivity contribution in [2.24, 2.45) is 5.84 Å². The topological polar surface area (TPSA) is 47.3 Å². The van der Waals surface area contributed by atoms with Crippen LogP contribution >= 0.6 is 11.3 Å². The summed E-state index contributed by atoms with van der Waals surface area (Å²) in [5, 5.41) is 2.20. The summed E-state index contributed by atoms with van der Waals surface area (Å²) in [5.41, 5.74) is 4.13. The second kappa shape index (κ2) is 6.15. The van der Waals surface area contributed by atoms with E-state index in [2.05, 4.69) is 23.8 Å². The first-order valence-corrected chi connectivity index (χ1v) is 7.66. The average molecular weight is 268 g/mol. The fourth-order valence-corrected chi connectivity index (χ4v) is 3.83. The second-order valence-electron chi connectivity index (χ2n) is 5.27. The Kier molecular flexibility index (Phi) is 4.78. The van der Waals surface area contributed by atoms with Crippen LogP contribution in [-0.2, 0) is 4.74 Å². The van der Waals surface area contributed by atoms with Crippen LogP contribution in [0, 0.1) is 6.92 Å². The van der Waals surface area contributed by atoms with Crippen molar-refractivity contribution in [1.82, 2.24) is 5.43 Å². The number of hydrogen-bond acceptors (Lipinski definition) is 4. The molecule has 0 spiro atoms. The molecule has 0 bridgehead atoms. The molecule has 1 saturated carbocycles. The Morgan fingerprint density at radius 2 is 2.00 bits per heavy atom. The summed E-state index contributed by atoms with van der Waals surface area (Å²) in [4.78, 5) is 1.32. The third kappa shape index (κ3) is 2.77. The van der Waals surface area contributed by atoms with Gasteiger partial charge in [0, 0.05) is 12.0 Å². The Bertz CT molecular complexity index is 370. The van der Waals surface area contributed by atoms with E-state index < -0.39 is 0 Å². The number of hydrazine groups is 1. The molecule has 18 heavy (non-hydrogen) atoms. The maximum absolute atomic E-state index is 5.94. The van der Waals surface area contributed by atoms with Gasteiger partial charge in [0.15, 0.2) is 0 Å². The number of thiophene rings is 1. The van der Waals surface area contributed by atoms with Crippen LogP contribution in [0.5, 0.6) is 0 Å². The highest BCUT2D eigenvalue weighted by Crippen LogP contribution is 2.40. The van der Waals surface area contributed by atoms with Crippen molar-refractivity contribution in [3.05, 3.63) is 21.9 Å². The highest BCUT2D eigenvalue weighted by atomic mass is 32.1. The molecule has 1 aliphatic carbocycles. The largest absolute Gasteiger partial charge is 0.376 e. The molecule has 4 heteroatoms. The van der Waals surface area contributed by atoms with Crippen molar-refractivity contribution in [2.75, 3.05) is 7.11 Å². The average Bonchev–Trinajstić information content (AvgIpc) is 2.66. The summed E-state index contributed by atoms with van der Waals surface area (Å²) >= 11 is 1.78. The fourth-order valence-electron chi connectivity index (χ4n) is 3.10. The molecule has 3 nitrogen and oxygen atoms in total. The van der Waals surface area contributed by atoms with E-state index in [1.54, 1.807) is 11.3 Å². The van der Waals surface area contributed by atoms with Gasteiger partial charge in [0.05, 0.1) is 11.6 Å². The molecule has 1 unspecified atom stereocenters. The summed E-state index contributed by atoms with van der Waals surface area (Å²) in [6.07, 6.45) is 7.26. The van der Waals surface area contributed by atoms with Crippen molar-refractivity contribution < 1.29 is 4.74 Å². The monoisotopic (exact) mass is 268 g/mol. The van der Waals surface area contributed by atoms with Crippen LogP contribution in [0.1, 0.15) is 55.0 Å². The molecular weight excluding hydrogens is 244 g/mol. The molecule has 0 amide bonds. The number of nitrogens with two attached hydrogens (primary N) is 1. The zero-order valence-electron chi connectivity index (χ0n) is 11.4. The first-order chi connectivity index (χ1) is 8.72. The normalized spacial score (nSPS) is 21.5. The van der Waals surface area contributed by atoms with Crippen LogP contribution in [0.15, 0.2) is 11.4 Å². The zero-order chi connectivity index (χ0) is 13.0. The van der Waals surface area contributed by atoms with Crippen molar-refractivity contribution in [3.63, 3.8) is 0 Å². The number of ether oxygens (including phenoxy) is 1. The number of nitrogens with one attached hydrogen (secondary N) is 1. The lowest BCUT2D eigenvalue weighted by Crippen LogP contribution is -2.47. The summed E-state index contributed by atoms with van der Waals surface area (Å²) in [6.45, 7) is 2.13. The molecule has 0 radical (unpaired) electrons. The van der Waals surface area contributed by atoms with Gasteiger partial charge in [-0.25, -0.2) is 0 Å². The second-order valence-corrected chi connectivity index (χ2v) is 6.39. The zero-order valence-corrected chi connectivity index (χ0v) is 12.2. The van der Waals surface area contributed by atoms with Crippen LogP contribution in [0.4, 0.5) is 0 Å². The van der Waals surface area contributed by atoms with E-state index in [1.165, 1.54) is 36.1 Å². The Hall–Kier alpha value is -0.420. The van der Waals surface area contributed by atoms with Gasteiger partial charge in [-0.3, -0.25) is 11.3 Å². The van der Waals surface area contributed by atoms with Gasteiger partial charge in [0.1, 0.15) is 0 Å². The number of hydrogen-bond donors (Lipinski definition) is 2. The number of methoxy groups -OCH3 is 1. The van der Waals surface area contributed by atoms with E-state index >= 15 is 0 Å². The molecule has 0 aromatic carbocycles. The lowest BCUT2D eigenvalue weighted by Gasteiger charge is -2.38. The van der Waals surface area contributed by atoms with Crippen LogP contribution in [0.3, 0.4) is 0 Å². The minimum atomic E-state index is -0.140. The molecule has 1 aromatic rings. The summed E-state index contributed by atoms with van der Waals surface area (Å²) in [6, 6.07) is 2.33. The minimum Gasteiger partial charge on any atom is -0.376 e. The molecule has 1 aromatic heterocycles. The van der Waals surface area contributed by atoms with E-state index in [0.29, 0.717) is 0 Å². The van der Waals surface area contributed by atoms with Crippen LogP contribution in [-0.4, -0.2) is 12.7 Å². The number of rotatable bonds is 4. The van der Waals surface area contributed by atoms with Crippen molar-refractivity contribution in [3.8, 4) is 0 Å². The molecule has 1 atom stereocenters. The highest BCUT2D eigenvalue weighted by molar-refractivity contribution is 7.10. The van der Waals surface area contributed by atoms with Gasteiger partial charge in [-0.15, -0.1) is 11.3 Å². The maximum Gasteiger partial charge on any atom is 0.0885 e. The summed E-state index contributed by atoms with van der Waals surface area (Å²) in [7, 11) is 1.83. The van der Waals surface area contributed by atoms with E-state index in [9.17, 15) is 0 Å². The van der Waals surface area contributed by atoms with E-state index in [-0.39, 0.29) is 11.6 Å². The Labute approximate surface area is 114 Å². The van der Waals surface area contributed by atoms with Gasteiger partial charge in [-0.2, -0.15) is 0 Å². The summed E-state index contributed by atoms with van der Waals surface area (Å²) in [5.74, 6) is 5.83. The molecule has 1 heterocycles. The van der Waals surface area contributed by atoms with Crippen molar-refractivity contribution in [2.45, 2.75) is 57.1 Å². The lowest BCUT2D eigenvalue weighted by molar-refractivity contribution is -0.0540. The Morgan fingerprint density at radius 3 is 2.44 bits per heavy atom. The molecule has 0 saturated heterocycles. The van der Waals surface area contributed by atoms with Crippen molar-refractivity contribution >= 4 is 11.3 Å². The molecule has 0 aliphatic heterocycles. The first kappa shape index (κ1) is 14.0. The molecule has 102 valence electrons. The van der Waals surface area contributed by atoms with Crippen LogP contribution in [0.2, 0.25) is 0 Å². The third-order valence-electron chi connectivity index (χ3n) is 4.13. The molecule has 2 rings (SSSR count). The first-order valence-electron chi connectivity index (χ1n) is 6.78. The van der Waals surface area contributed by atoms with Gasteiger partial charge in [0.25, 0.3) is 0 Å². The van der Waals surface area contributed by atoms with Gasteiger partial charge in [-0.1, -0.05) is 25.7 Å². The van der Waals surface area contributed by atoms with E-state index in [4.69, 9.17) is 10.6 Å². The molecule has 1 aliphatic rings. The Balaban J connectivity index is 2.27. The van der Waals surface area contributed by atoms with Crippen LogP contribution < -0.4 is 11.3 Å². The molecular formula is C14H24N2OS. The third-order valence-corrected chi connectivity index (χ3v) is 5.01. The smallest absolute Gasteiger partial charge is 0.0885 e.